The van der Waals surface area contributed by atoms with Crippen LogP contribution in [0.15, 0.2) is 53.3 Å². The van der Waals surface area contributed by atoms with Crippen LogP contribution in [0.4, 0.5) is 19.0 Å². The van der Waals surface area contributed by atoms with Crippen LogP contribution < -0.4 is 9.64 Å². The first kappa shape index (κ1) is 21.6. The molecule has 1 aromatic carbocycles. The van der Waals surface area contributed by atoms with E-state index in [0.29, 0.717) is 28.8 Å². The Labute approximate surface area is 175 Å². The van der Waals surface area contributed by atoms with Gasteiger partial charge in [0.2, 0.25) is 0 Å². The van der Waals surface area contributed by atoms with E-state index in [1.165, 1.54) is 4.90 Å². The van der Waals surface area contributed by atoms with Gasteiger partial charge in [-0.2, -0.15) is 13.2 Å². The maximum absolute atomic E-state index is 13.3. The zero-order chi connectivity index (χ0) is 21.9. The number of alkyl halides is 3. The van der Waals surface area contributed by atoms with Crippen LogP contribution >= 0.6 is 11.8 Å². The highest BCUT2D eigenvalue weighted by molar-refractivity contribution is 7.99. The lowest BCUT2D eigenvalue weighted by atomic mass is 10.2. The lowest BCUT2D eigenvalue weighted by Crippen LogP contribution is -2.16. The van der Waals surface area contributed by atoms with Gasteiger partial charge in [0.1, 0.15) is 11.6 Å². The van der Waals surface area contributed by atoms with Gasteiger partial charge in [-0.15, -0.1) is 16.8 Å². The molecule has 0 fully saturated rings. The van der Waals surface area contributed by atoms with Crippen molar-refractivity contribution >= 4 is 17.6 Å². The predicted molar refractivity (Wildman–Crippen MR) is 108 cm³/mol. The van der Waals surface area contributed by atoms with Crippen LogP contribution in [-0.4, -0.2) is 45.9 Å². The molecule has 0 unspecified atom stereocenters. The van der Waals surface area contributed by atoms with Gasteiger partial charge in [0.05, 0.1) is 12.7 Å². The van der Waals surface area contributed by atoms with Crippen LogP contribution in [-0.2, 0) is 12.7 Å². The summed E-state index contributed by atoms with van der Waals surface area (Å²) in [6.45, 7) is 4.08. The summed E-state index contributed by atoms with van der Waals surface area (Å²) in [5.41, 5.74) is -0.330. The Hall–Kier alpha value is -3.08. The highest BCUT2D eigenvalue weighted by Crippen LogP contribution is 2.35. The summed E-state index contributed by atoms with van der Waals surface area (Å²) >= 11 is 0.897. The van der Waals surface area contributed by atoms with Gasteiger partial charge in [-0.25, -0.2) is 9.97 Å². The molecule has 0 aliphatic carbocycles. The van der Waals surface area contributed by atoms with Crippen molar-refractivity contribution in [1.82, 2.24) is 24.7 Å². The van der Waals surface area contributed by atoms with Crippen LogP contribution in [0.1, 0.15) is 5.69 Å². The minimum atomic E-state index is -4.60. The molecule has 0 N–H and O–H groups in total. The molecule has 0 radical (unpaired) electrons. The van der Waals surface area contributed by atoms with E-state index in [1.807, 2.05) is 18.2 Å². The van der Waals surface area contributed by atoms with Crippen molar-refractivity contribution in [2.45, 2.75) is 23.0 Å². The van der Waals surface area contributed by atoms with E-state index in [1.54, 1.807) is 37.9 Å². The lowest BCUT2D eigenvalue weighted by Gasteiger charge is -2.15. The van der Waals surface area contributed by atoms with E-state index >= 15 is 0 Å². The van der Waals surface area contributed by atoms with Crippen molar-refractivity contribution in [3.8, 4) is 17.1 Å². The average Bonchev–Trinajstić information content (AvgIpc) is 3.09. The number of rotatable bonds is 7. The molecule has 2 aromatic heterocycles. The number of hydrogen-bond donors (Lipinski definition) is 0. The third-order valence-corrected chi connectivity index (χ3v) is 4.85. The molecule has 0 amide bonds. The largest absolute Gasteiger partial charge is 0.496 e. The zero-order valence-corrected chi connectivity index (χ0v) is 17.3. The molecule has 158 valence electrons. The number of allylic oxidation sites excluding steroid dienone is 1. The number of benzene rings is 1. The van der Waals surface area contributed by atoms with E-state index in [-0.39, 0.29) is 11.0 Å². The summed E-state index contributed by atoms with van der Waals surface area (Å²) in [4.78, 5) is 9.35. The molecule has 0 aliphatic rings. The summed E-state index contributed by atoms with van der Waals surface area (Å²) in [7, 11) is 4.76. The Morgan fingerprint density at radius 2 is 1.93 bits per heavy atom. The van der Waals surface area contributed by atoms with Crippen molar-refractivity contribution in [2.75, 3.05) is 26.1 Å². The molecule has 0 bridgehead atoms. The fourth-order valence-corrected chi connectivity index (χ4v) is 3.40. The number of anilines is 1. The van der Waals surface area contributed by atoms with Crippen molar-refractivity contribution in [1.29, 1.82) is 0 Å². The van der Waals surface area contributed by atoms with Crippen LogP contribution in [0.2, 0.25) is 0 Å². The Bertz CT molecular complexity index is 1050. The Balaban J connectivity index is 2.07. The molecule has 3 rings (SSSR count). The number of nitrogens with zero attached hydrogens (tertiary/aromatic N) is 6. The minimum Gasteiger partial charge on any atom is -0.496 e. The van der Waals surface area contributed by atoms with Gasteiger partial charge in [-0.1, -0.05) is 18.2 Å². The van der Waals surface area contributed by atoms with Crippen molar-refractivity contribution in [2.24, 2.45) is 0 Å². The molecule has 0 aliphatic heterocycles. The third-order valence-electron chi connectivity index (χ3n) is 4.00. The molecule has 11 heteroatoms. The number of aromatic nitrogens is 5. The molecule has 3 aromatic rings. The van der Waals surface area contributed by atoms with E-state index in [4.69, 9.17) is 4.74 Å². The maximum Gasteiger partial charge on any atom is 0.433 e. The average molecular weight is 436 g/mol. The molecular weight excluding hydrogens is 417 g/mol. The van der Waals surface area contributed by atoms with Crippen LogP contribution in [0, 0.1) is 0 Å². The second-order valence-corrected chi connectivity index (χ2v) is 7.23. The van der Waals surface area contributed by atoms with Crippen molar-refractivity contribution < 1.29 is 17.9 Å². The summed E-state index contributed by atoms with van der Waals surface area (Å²) in [6.07, 6.45) is -2.95. The topological polar surface area (TPSA) is 69.0 Å². The number of ether oxygens (including phenoxy) is 1. The molecule has 0 saturated carbocycles. The molecule has 30 heavy (non-hydrogen) atoms. The molecule has 0 spiro atoms. The molecule has 2 heterocycles. The first-order valence-corrected chi connectivity index (χ1v) is 9.55. The summed E-state index contributed by atoms with van der Waals surface area (Å²) in [5.74, 6) is 1.23. The van der Waals surface area contributed by atoms with Crippen molar-refractivity contribution in [3.05, 3.63) is 48.7 Å². The summed E-state index contributed by atoms with van der Waals surface area (Å²) in [6, 6.07) is 8.16. The van der Waals surface area contributed by atoms with Gasteiger partial charge >= 0.3 is 6.18 Å². The quantitative estimate of drug-likeness (QED) is 0.407. The normalized spacial score (nSPS) is 11.4. The standard InChI is InChI=1S/C19H19F3N6OS/c1-5-10-28-16(12-8-6-7-9-13(12)29-4)25-26-18(28)30-17-23-14(19(20,21)22)11-15(24-17)27(2)3/h5-9,11H,1,10H2,2-4H3. The van der Waals surface area contributed by atoms with Crippen LogP contribution in [0.3, 0.4) is 0 Å². The van der Waals surface area contributed by atoms with E-state index in [2.05, 4.69) is 26.7 Å². The second-order valence-electron chi connectivity index (χ2n) is 6.29. The van der Waals surface area contributed by atoms with E-state index < -0.39 is 11.9 Å². The first-order chi connectivity index (χ1) is 14.2. The Morgan fingerprint density at radius 1 is 1.20 bits per heavy atom. The van der Waals surface area contributed by atoms with Crippen molar-refractivity contribution in [3.63, 3.8) is 0 Å². The zero-order valence-electron chi connectivity index (χ0n) is 16.5. The van der Waals surface area contributed by atoms with Gasteiger partial charge < -0.3 is 9.64 Å². The molecule has 0 saturated heterocycles. The number of para-hydroxylation sites is 1. The predicted octanol–water partition coefficient (Wildman–Crippen LogP) is 4.17. The first-order valence-electron chi connectivity index (χ1n) is 8.73. The van der Waals surface area contributed by atoms with Crippen LogP contribution in [0.5, 0.6) is 5.75 Å². The van der Waals surface area contributed by atoms with Gasteiger partial charge in [0.15, 0.2) is 21.8 Å². The van der Waals surface area contributed by atoms with E-state index in [0.717, 1.165) is 17.8 Å². The summed E-state index contributed by atoms with van der Waals surface area (Å²) < 4.78 is 46.9. The lowest BCUT2D eigenvalue weighted by molar-refractivity contribution is -0.141. The maximum atomic E-state index is 13.3. The molecule has 7 nitrogen and oxygen atoms in total. The minimum absolute atomic E-state index is 0.0854. The Kier molecular flexibility index (Phi) is 6.30. The van der Waals surface area contributed by atoms with Gasteiger partial charge in [0, 0.05) is 26.7 Å². The fourth-order valence-electron chi connectivity index (χ4n) is 2.60. The monoisotopic (exact) mass is 436 g/mol. The number of methoxy groups -OCH3 is 1. The van der Waals surface area contributed by atoms with Gasteiger partial charge in [0.25, 0.3) is 0 Å². The van der Waals surface area contributed by atoms with Crippen LogP contribution in [0.25, 0.3) is 11.4 Å². The number of halogens is 3. The number of hydrogen-bond acceptors (Lipinski definition) is 7. The smallest absolute Gasteiger partial charge is 0.433 e. The second kappa shape index (κ2) is 8.74. The fraction of sp³-hybridized carbons (Fsp3) is 0.263. The summed E-state index contributed by atoms with van der Waals surface area (Å²) in [5, 5.41) is 8.61. The highest BCUT2D eigenvalue weighted by Gasteiger charge is 2.34. The SMILES string of the molecule is C=CCn1c(Sc2nc(N(C)C)cc(C(F)(F)F)n2)nnc1-c1ccccc1OC. The van der Waals surface area contributed by atoms with E-state index in [9.17, 15) is 13.2 Å². The third kappa shape index (κ3) is 4.56. The molecule has 0 atom stereocenters. The molecular formula is C19H19F3N6OS. The van der Waals surface area contributed by atoms with Gasteiger partial charge in [-0.3, -0.25) is 4.57 Å². The highest BCUT2D eigenvalue weighted by atomic mass is 32.2. The van der Waals surface area contributed by atoms with Gasteiger partial charge in [-0.05, 0) is 23.9 Å². The Morgan fingerprint density at radius 3 is 2.57 bits per heavy atom.